The van der Waals surface area contributed by atoms with Crippen LogP contribution in [0.2, 0.25) is 0 Å². The number of benzene rings is 1. The fourth-order valence-electron chi connectivity index (χ4n) is 1.70. The Balaban J connectivity index is 1.99. The van der Waals surface area contributed by atoms with Gasteiger partial charge < -0.3 is 24.8 Å². The van der Waals surface area contributed by atoms with Gasteiger partial charge in [-0.25, -0.2) is 8.78 Å². The van der Waals surface area contributed by atoms with Crippen molar-refractivity contribution in [2.45, 2.75) is 19.1 Å². The number of aromatic nitrogens is 1. The fraction of sp³-hybridized carbons (Fsp3) is 0.333. The molecule has 0 saturated heterocycles. The highest BCUT2D eigenvalue weighted by Crippen LogP contribution is 2.19. The molecule has 2 aromatic rings. The van der Waals surface area contributed by atoms with Gasteiger partial charge in [0.05, 0.1) is 18.8 Å². The highest BCUT2D eigenvalue weighted by atomic mass is 19.1. The van der Waals surface area contributed by atoms with Crippen LogP contribution in [0.5, 0.6) is 5.75 Å². The van der Waals surface area contributed by atoms with E-state index >= 15 is 0 Å². The number of nitrogens with one attached hydrogen (secondary N) is 1. The first-order valence-electron chi connectivity index (χ1n) is 6.94. The van der Waals surface area contributed by atoms with Crippen LogP contribution in [0.3, 0.4) is 0 Å². The molecule has 0 saturated carbocycles. The van der Waals surface area contributed by atoms with Crippen molar-refractivity contribution in [1.82, 2.24) is 10.5 Å². The molecule has 0 bridgehead atoms. The molecule has 0 radical (unpaired) electrons. The van der Waals surface area contributed by atoms with Gasteiger partial charge >= 0.3 is 0 Å². The van der Waals surface area contributed by atoms with E-state index in [4.69, 9.17) is 19.5 Å². The van der Waals surface area contributed by atoms with E-state index in [9.17, 15) is 13.6 Å². The van der Waals surface area contributed by atoms with Crippen LogP contribution in [0.4, 0.5) is 8.78 Å². The van der Waals surface area contributed by atoms with Gasteiger partial charge in [-0.1, -0.05) is 5.16 Å². The maximum atomic E-state index is 13.4. The van der Waals surface area contributed by atoms with Gasteiger partial charge in [0, 0.05) is 12.1 Å². The standard InChI is InChI=1S/C15H16F2N2O5/c1-15(7-20,8-21)18-14(22)12-5-10(24-19-12)6-23-13-3-2-9(16)4-11(13)17/h2-5,20-21H,6-8H2,1H3,(H,18,22). The third-order valence-electron chi connectivity index (χ3n) is 3.17. The number of carbonyl (C=O) groups excluding carboxylic acids is 1. The van der Waals surface area contributed by atoms with Crippen LogP contribution in [-0.2, 0) is 6.61 Å². The van der Waals surface area contributed by atoms with Crippen molar-refractivity contribution in [3.8, 4) is 5.75 Å². The van der Waals surface area contributed by atoms with Crippen molar-refractivity contribution in [2.24, 2.45) is 0 Å². The number of hydrogen-bond donors (Lipinski definition) is 3. The van der Waals surface area contributed by atoms with Crippen molar-refractivity contribution < 1.29 is 33.0 Å². The van der Waals surface area contributed by atoms with Crippen molar-refractivity contribution in [2.75, 3.05) is 13.2 Å². The van der Waals surface area contributed by atoms with Gasteiger partial charge in [0.25, 0.3) is 5.91 Å². The van der Waals surface area contributed by atoms with E-state index in [1.807, 2.05) is 0 Å². The fourth-order valence-corrected chi connectivity index (χ4v) is 1.70. The first kappa shape index (κ1) is 17.8. The number of nitrogens with zero attached hydrogens (tertiary/aromatic N) is 1. The van der Waals surface area contributed by atoms with Crippen molar-refractivity contribution in [1.29, 1.82) is 0 Å². The van der Waals surface area contributed by atoms with Crippen molar-refractivity contribution in [3.63, 3.8) is 0 Å². The number of carbonyl (C=O) groups is 1. The predicted octanol–water partition coefficient (Wildman–Crippen LogP) is 1.00. The molecular weight excluding hydrogens is 326 g/mol. The molecule has 0 atom stereocenters. The lowest BCUT2D eigenvalue weighted by Crippen LogP contribution is -2.51. The summed E-state index contributed by atoms with van der Waals surface area (Å²) in [6.45, 7) is 0.298. The molecule has 2 rings (SSSR count). The molecule has 1 amide bonds. The number of aliphatic hydroxyl groups is 2. The quantitative estimate of drug-likeness (QED) is 0.693. The number of hydrogen-bond acceptors (Lipinski definition) is 6. The van der Waals surface area contributed by atoms with E-state index in [0.29, 0.717) is 6.07 Å². The molecule has 24 heavy (non-hydrogen) atoms. The van der Waals surface area contributed by atoms with E-state index in [2.05, 4.69) is 10.5 Å². The van der Waals surface area contributed by atoms with Crippen LogP contribution in [0.1, 0.15) is 23.2 Å². The summed E-state index contributed by atoms with van der Waals surface area (Å²) in [5.74, 6) is -2.29. The molecule has 0 aliphatic carbocycles. The number of amides is 1. The zero-order chi connectivity index (χ0) is 17.7. The topological polar surface area (TPSA) is 105 Å². The summed E-state index contributed by atoms with van der Waals surface area (Å²) < 4.78 is 36.2. The van der Waals surface area contributed by atoms with Crippen molar-refractivity contribution >= 4 is 5.91 Å². The summed E-state index contributed by atoms with van der Waals surface area (Å²) in [6, 6.07) is 4.12. The van der Waals surface area contributed by atoms with Crippen LogP contribution in [0.25, 0.3) is 0 Å². The van der Waals surface area contributed by atoms with Gasteiger partial charge in [0.2, 0.25) is 0 Å². The maximum Gasteiger partial charge on any atom is 0.274 e. The second-order valence-electron chi connectivity index (χ2n) is 5.37. The Morgan fingerprint density at radius 3 is 2.67 bits per heavy atom. The van der Waals surface area contributed by atoms with Gasteiger partial charge in [0.15, 0.2) is 23.0 Å². The summed E-state index contributed by atoms with van der Waals surface area (Å²) >= 11 is 0. The molecule has 7 nitrogen and oxygen atoms in total. The molecule has 1 aromatic heterocycles. The molecule has 0 unspecified atom stereocenters. The Bertz CT molecular complexity index is 716. The third-order valence-corrected chi connectivity index (χ3v) is 3.17. The lowest BCUT2D eigenvalue weighted by molar-refractivity contribution is 0.0716. The minimum Gasteiger partial charge on any atom is -0.482 e. The summed E-state index contributed by atoms with van der Waals surface area (Å²) in [7, 11) is 0. The average Bonchev–Trinajstić information content (AvgIpc) is 3.03. The van der Waals surface area contributed by atoms with E-state index in [1.165, 1.54) is 13.0 Å². The second kappa shape index (κ2) is 7.37. The normalized spacial score (nSPS) is 11.4. The highest BCUT2D eigenvalue weighted by molar-refractivity contribution is 5.92. The van der Waals surface area contributed by atoms with Crippen LogP contribution >= 0.6 is 0 Å². The molecule has 130 valence electrons. The number of rotatable bonds is 7. The first-order valence-corrected chi connectivity index (χ1v) is 6.94. The Morgan fingerprint density at radius 2 is 2.04 bits per heavy atom. The Labute approximate surface area is 135 Å². The summed E-state index contributed by atoms with van der Waals surface area (Å²) in [6.07, 6.45) is 0. The van der Waals surface area contributed by atoms with E-state index in [-0.39, 0.29) is 23.8 Å². The number of halogens is 2. The van der Waals surface area contributed by atoms with E-state index in [1.54, 1.807) is 0 Å². The number of aliphatic hydroxyl groups excluding tert-OH is 2. The minimum atomic E-state index is -1.20. The third kappa shape index (κ3) is 4.27. The van der Waals surface area contributed by atoms with Gasteiger partial charge in [-0.15, -0.1) is 0 Å². The van der Waals surface area contributed by atoms with Gasteiger partial charge in [0.1, 0.15) is 12.4 Å². The SMILES string of the molecule is CC(CO)(CO)NC(=O)c1cc(COc2ccc(F)cc2F)on1. The average molecular weight is 342 g/mol. The first-order chi connectivity index (χ1) is 11.4. The van der Waals surface area contributed by atoms with Crippen LogP contribution in [0, 0.1) is 11.6 Å². The molecule has 1 heterocycles. The lowest BCUT2D eigenvalue weighted by Gasteiger charge is -2.25. The molecule has 0 fully saturated rings. The summed E-state index contributed by atoms with van der Waals surface area (Å²) in [5, 5.41) is 24.2. The molecule has 0 spiro atoms. The molecule has 0 aliphatic rings. The molecule has 9 heteroatoms. The Kier molecular flexibility index (Phi) is 5.47. The minimum absolute atomic E-state index is 0.0960. The second-order valence-corrected chi connectivity index (χ2v) is 5.37. The van der Waals surface area contributed by atoms with Crippen LogP contribution in [-0.4, -0.2) is 40.0 Å². The monoisotopic (exact) mass is 342 g/mol. The van der Waals surface area contributed by atoms with Crippen LogP contribution in [0.15, 0.2) is 28.8 Å². The molecule has 3 N–H and O–H groups in total. The molecule has 1 aromatic carbocycles. The Morgan fingerprint density at radius 1 is 1.33 bits per heavy atom. The lowest BCUT2D eigenvalue weighted by atomic mass is 10.1. The zero-order valence-corrected chi connectivity index (χ0v) is 12.8. The van der Waals surface area contributed by atoms with Gasteiger partial charge in [-0.2, -0.15) is 0 Å². The predicted molar refractivity (Wildman–Crippen MR) is 77.2 cm³/mol. The van der Waals surface area contributed by atoms with Gasteiger partial charge in [-0.3, -0.25) is 4.79 Å². The van der Waals surface area contributed by atoms with Gasteiger partial charge in [-0.05, 0) is 19.1 Å². The van der Waals surface area contributed by atoms with E-state index < -0.39 is 36.3 Å². The van der Waals surface area contributed by atoms with E-state index in [0.717, 1.165) is 12.1 Å². The Hall–Kier alpha value is -2.52. The zero-order valence-electron chi connectivity index (χ0n) is 12.8. The number of ether oxygens (including phenoxy) is 1. The maximum absolute atomic E-state index is 13.4. The van der Waals surface area contributed by atoms with Crippen molar-refractivity contribution in [3.05, 3.63) is 47.4 Å². The summed E-state index contributed by atoms with van der Waals surface area (Å²) in [4.78, 5) is 12.0. The highest BCUT2D eigenvalue weighted by Gasteiger charge is 2.26. The largest absolute Gasteiger partial charge is 0.482 e. The smallest absolute Gasteiger partial charge is 0.274 e. The summed E-state index contributed by atoms with van der Waals surface area (Å²) in [5.41, 5.74) is -1.30. The molecular formula is C15H16F2N2O5. The molecule has 0 aliphatic heterocycles. The van der Waals surface area contributed by atoms with Crippen LogP contribution < -0.4 is 10.1 Å².